The molecule has 1 aromatic rings. The van der Waals surface area contributed by atoms with Gasteiger partial charge in [-0.3, -0.25) is 0 Å². The fraction of sp³-hybridized carbons (Fsp3) is 0.588. The molecule has 3 nitrogen and oxygen atoms in total. The Kier molecular flexibility index (Phi) is 5.33. The highest BCUT2D eigenvalue weighted by Crippen LogP contribution is 2.35. The summed E-state index contributed by atoms with van der Waals surface area (Å²) in [7, 11) is 2.16. The Hall–Kier alpha value is -1.00. The van der Waals surface area contributed by atoms with Crippen LogP contribution in [0.1, 0.15) is 36.2 Å². The van der Waals surface area contributed by atoms with Gasteiger partial charge >= 0.3 is 5.97 Å². The maximum atomic E-state index is 11.2. The van der Waals surface area contributed by atoms with Gasteiger partial charge in [-0.25, -0.2) is 4.79 Å². The van der Waals surface area contributed by atoms with Crippen LogP contribution in [0.3, 0.4) is 0 Å². The highest BCUT2D eigenvalue weighted by atomic mass is 32.2. The summed E-state index contributed by atoms with van der Waals surface area (Å²) < 4.78 is 0. The molecule has 1 aliphatic rings. The van der Waals surface area contributed by atoms with Gasteiger partial charge in [0.25, 0.3) is 0 Å². The van der Waals surface area contributed by atoms with Crippen molar-refractivity contribution in [2.24, 2.45) is 5.41 Å². The van der Waals surface area contributed by atoms with Crippen LogP contribution in [0.25, 0.3) is 0 Å². The molecule has 1 heterocycles. The number of carbonyl (C=O) groups is 1. The summed E-state index contributed by atoms with van der Waals surface area (Å²) in [6.07, 6.45) is 2.01. The predicted octanol–water partition coefficient (Wildman–Crippen LogP) is 3.39. The molecule has 4 heteroatoms. The quantitative estimate of drug-likeness (QED) is 0.905. The lowest BCUT2D eigenvalue weighted by Crippen LogP contribution is -2.42. The van der Waals surface area contributed by atoms with Gasteiger partial charge in [0.05, 0.1) is 5.56 Å². The van der Waals surface area contributed by atoms with Gasteiger partial charge in [0.15, 0.2) is 0 Å². The number of benzene rings is 1. The number of rotatable bonds is 5. The van der Waals surface area contributed by atoms with E-state index < -0.39 is 5.97 Å². The van der Waals surface area contributed by atoms with Gasteiger partial charge in [0.1, 0.15) is 0 Å². The molecule has 1 aromatic carbocycles. The third-order valence-corrected chi connectivity index (χ3v) is 5.80. The number of carboxylic acids is 1. The largest absolute Gasteiger partial charge is 0.478 e. The fourth-order valence-corrected chi connectivity index (χ4v) is 4.37. The molecule has 1 atom stereocenters. The molecule has 0 aromatic heterocycles. The first-order chi connectivity index (χ1) is 9.89. The van der Waals surface area contributed by atoms with E-state index in [9.17, 15) is 9.90 Å². The SMILES string of the molecule is CN(CCc1ccccc1C(=O)O)C1CSCC(C)(C)C1. The number of nitrogens with zero attached hydrogens (tertiary/aromatic N) is 1. The smallest absolute Gasteiger partial charge is 0.335 e. The summed E-state index contributed by atoms with van der Waals surface area (Å²) in [6, 6.07) is 7.92. The standard InChI is InChI=1S/C17H25NO2S/c1-17(2)10-14(11-21-12-17)18(3)9-8-13-6-4-5-7-15(13)16(19)20/h4-7,14H,8-12H2,1-3H3,(H,19,20). The van der Waals surface area contributed by atoms with Gasteiger partial charge in [0.2, 0.25) is 0 Å². The average molecular weight is 307 g/mol. The van der Waals surface area contributed by atoms with Gasteiger partial charge in [-0.05, 0) is 42.7 Å². The molecule has 0 bridgehead atoms. The van der Waals surface area contributed by atoms with E-state index in [1.54, 1.807) is 12.1 Å². The highest BCUT2D eigenvalue weighted by molar-refractivity contribution is 7.99. The molecule has 1 unspecified atom stereocenters. The minimum Gasteiger partial charge on any atom is -0.478 e. The van der Waals surface area contributed by atoms with Crippen molar-refractivity contribution in [3.8, 4) is 0 Å². The first-order valence-corrected chi connectivity index (χ1v) is 8.64. The molecule has 0 aliphatic carbocycles. The summed E-state index contributed by atoms with van der Waals surface area (Å²) in [4.78, 5) is 13.6. The second kappa shape index (κ2) is 6.84. The van der Waals surface area contributed by atoms with Crippen molar-refractivity contribution in [1.82, 2.24) is 4.90 Å². The lowest BCUT2D eigenvalue weighted by Gasteiger charge is -2.39. The van der Waals surface area contributed by atoms with Crippen LogP contribution in [0.2, 0.25) is 0 Å². The summed E-state index contributed by atoms with van der Waals surface area (Å²) in [5, 5.41) is 9.23. The van der Waals surface area contributed by atoms with Gasteiger partial charge in [-0.2, -0.15) is 11.8 Å². The number of thioether (sulfide) groups is 1. The van der Waals surface area contributed by atoms with Crippen molar-refractivity contribution in [1.29, 1.82) is 0 Å². The molecule has 0 spiro atoms. The summed E-state index contributed by atoms with van der Waals surface area (Å²) in [6.45, 7) is 5.57. The minimum atomic E-state index is -0.831. The van der Waals surface area contributed by atoms with E-state index in [2.05, 4.69) is 25.8 Å². The van der Waals surface area contributed by atoms with E-state index in [1.165, 1.54) is 17.9 Å². The second-order valence-electron chi connectivity index (χ2n) is 6.73. The van der Waals surface area contributed by atoms with Crippen LogP contribution in [0, 0.1) is 5.41 Å². The van der Waals surface area contributed by atoms with Crippen LogP contribution >= 0.6 is 11.8 Å². The summed E-state index contributed by atoms with van der Waals surface area (Å²) in [5.41, 5.74) is 1.77. The topological polar surface area (TPSA) is 40.5 Å². The first kappa shape index (κ1) is 16.4. The van der Waals surface area contributed by atoms with Crippen molar-refractivity contribution in [2.45, 2.75) is 32.7 Å². The monoisotopic (exact) mass is 307 g/mol. The summed E-state index contributed by atoms with van der Waals surface area (Å²) >= 11 is 2.03. The zero-order valence-corrected chi connectivity index (χ0v) is 13.9. The van der Waals surface area contributed by atoms with Crippen LogP contribution in [-0.2, 0) is 6.42 Å². The molecule has 1 N–H and O–H groups in total. The molecule has 1 aliphatic heterocycles. The second-order valence-corrected chi connectivity index (χ2v) is 7.76. The molecule has 21 heavy (non-hydrogen) atoms. The fourth-order valence-electron chi connectivity index (χ4n) is 2.94. The van der Waals surface area contributed by atoms with Gasteiger partial charge in [0, 0.05) is 18.3 Å². The predicted molar refractivity (Wildman–Crippen MR) is 89.2 cm³/mol. The third-order valence-electron chi connectivity index (χ3n) is 4.20. The van der Waals surface area contributed by atoms with Crippen LogP contribution in [0.15, 0.2) is 24.3 Å². The molecule has 0 amide bonds. The molecular formula is C17H25NO2S. The zero-order chi connectivity index (χ0) is 15.5. The molecule has 116 valence electrons. The lowest BCUT2D eigenvalue weighted by atomic mass is 9.87. The Morgan fingerprint density at radius 1 is 1.43 bits per heavy atom. The Morgan fingerprint density at radius 2 is 2.14 bits per heavy atom. The van der Waals surface area contributed by atoms with E-state index in [4.69, 9.17) is 0 Å². The normalized spacial score (nSPS) is 21.4. The van der Waals surface area contributed by atoms with E-state index in [1.807, 2.05) is 23.9 Å². The number of aromatic carboxylic acids is 1. The zero-order valence-electron chi connectivity index (χ0n) is 13.1. The van der Waals surface area contributed by atoms with Crippen molar-refractivity contribution in [2.75, 3.05) is 25.1 Å². The Labute approximate surface area is 131 Å². The van der Waals surface area contributed by atoms with Crippen molar-refractivity contribution in [3.05, 3.63) is 35.4 Å². The molecule has 1 fully saturated rings. The van der Waals surface area contributed by atoms with Crippen LogP contribution in [-0.4, -0.2) is 47.1 Å². The van der Waals surface area contributed by atoms with Crippen LogP contribution in [0.5, 0.6) is 0 Å². The summed E-state index contributed by atoms with van der Waals surface area (Å²) in [5.74, 6) is 1.59. The number of carboxylic acid groups (broad SMARTS) is 1. The van der Waals surface area contributed by atoms with E-state index in [0.717, 1.165) is 18.5 Å². The van der Waals surface area contributed by atoms with Crippen LogP contribution < -0.4 is 0 Å². The maximum Gasteiger partial charge on any atom is 0.335 e. The van der Waals surface area contributed by atoms with Gasteiger partial charge < -0.3 is 10.0 Å². The molecule has 0 radical (unpaired) electrons. The van der Waals surface area contributed by atoms with E-state index >= 15 is 0 Å². The minimum absolute atomic E-state index is 0.404. The Bertz CT molecular complexity index is 501. The molecular weight excluding hydrogens is 282 g/mol. The maximum absolute atomic E-state index is 11.2. The van der Waals surface area contributed by atoms with Crippen molar-refractivity contribution < 1.29 is 9.90 Å². The van der Waals surface area contributed by atoms with E-state index in [-0.39, 0.29) is 0 Å². The number of hydrogen-bond acceptors (Lipinski definition) is 3. The van der Waals surface area contributed by atoms with E-state index in [0.29, 0.717) is 17.0 Å². The van der Waals surface area contributed by atoms with Crippen molar-refractivity contribution in [3.63, 3.8) is 0 Å². The highest BCUT2D eigenvalue weighted by Gasteiger charge is 2.30. The Morgan fingerprint density at radius 3 is 2.81 bits per heavy atom. The number of hydrogen-bond donors (Lipinski definition) is 1. The average Bonchev–Trinajstić information content (AvgIpc) is 2.43. The first-order valence-electron chi connectivity index (χ1n) is 7.48. The molecule has 0 saturated carbocycles. The number of likely N-dealkylation sites (N-methyl/N-ethyl adjacent to an activating group) is 1. The van der Waals surface area contributed by atoms with Crippen molar-refractivity contribution >= 4 is 17.7 Å². The molecule has 2 rings (SSSR count). The Balaban J connectivity index is 1.95. The molecule has 1 saturated heterocycles. The third kappa shape index (κ3) is 4.48. The van der Waals surface area contributed by atoms with Gasteiger partial charge in [-0.1, -0.05) is 32.0 Å². The lowest BCUT2D eigenvalue weighted by molar-refractivity contribution is 0.0695. The van der Waals surface area contributed by atoms with Crippen LogP contribution in [0.4, 0.5) is 0 Å². The van der Waals surface area contributed by atoms with Gasteiger partial charge in [-0.15, -0.1) is 0 Å².